The van der Waals surface area contributed by atoms with Crippen LogP contribution in [0.4, 0.5) is 4.39 Å². The zero-order chi connectivity index (χ0) is 14.5. The van der Waals surface area contributed by atoms with Gasteiger partial charge in [-0.1, -0.05) is 24.3 Å². The highest BCUT2D eigenvalue weighted by Gasteiger charge is 2.12. The molecule has 0 heterocycles. The number of aliphatic hydroxyl groups excluding tert-OH is 1. The number of rotatable bonds is 5. The number of benzene rings is 2. The number of ether oxygens (including phenoxy) is 1. The Kier molecular flexibility index (Phi) is 4.32. The van der Waals surface area contributed by atoms with Crippen molar-refractivity contribution in [2.45, 2.75) is 13.2 Å². The van der Waals surface area contributed by atoms with Gasteiger partial charge in [0.1, 0.15) is 18.2 Å². The van der Waals surface area contributed by atoms with Gasteiger partial charge in [-0.3, -0.25) is 0 Å². The van der Waals surface area contributed by atoms with E-state index in [1.807, 2.05) is 0 Å². The first-order valence-electron chi connectivity index (χ1n) is 5.95. The fraction of sp³-hybridized carbons (Fsp3) is 0.133. The van der Waals surface area contributed by atoms with Gasteiger partial charge in [0.15, 0.2) is 0 Å². The first-order valence-corrected chi connectivity index (χ1v) is 5.95. The van der Waals surface area contributed by atoms with Gasteiger partial charge in [-0.05, 0) is 18.2 Å². The maximum Gasteiger partial charge on any atom is 0.336 e. The third-order valence-electron chi connectivity index (χ3n) is 2.83. The number of hydrogen-bond donors (Lipinski definition) is 2. The Morgan fingerprint density at radius 3 is 2.60 bits per heavy atom. The second kappa shape index (κ2) is 6.16. The van der Waals surface area contributed by atoms with Gasteiger partial charge in [-0.2, -0.15) is 0 Å². The molecule has 0 aliphatic carbocycles. The average molecular weight is 276 g/mol. The van der Waals surface area contributed by atoms with Gasteiger partial charge < -0.3 is 14.9 Å². The van der Waals surface area contributed by atoms with E-state index in [-0.39, 0.29) is 18.8 Å². The molecule has 0 atom stereocenters. The number of carboxylic acids is 1. The Bertz CT molecular complexity index is 625. The molecule has 2 aromatic rings. The molecule has 0 aliphatic heterocycles. The highest BCUT2D eigenvalue weighted by molar-refractivity contribution is 5.89. The molecule has 0 aromatic heterocycles. The molecule has 104 valence electrons. The summed E-state index contributed by atoms with van der Waals surface area (Å²) in [6.07, 6.45) is 0. The number of halogens is 1. The van der Waals surface area contributed by atoms with E-state index in [9.17, 15) is 14.3 Å². The van der Waals surface area contributed by atoms with Crippen LogP contribution in [-0.2, 0) is 13.2 Å². The third kappa shape index (κ3) is 3.13. The minimum Gasteiger partial charge on any atom is -0.489 e. The molecule has 0 bridgehead atoms. The van der Waals surface area contributed by atoms with Gasteiger partial charge in [0.25, 0.3) is 0 Å². The van der Waals surface area contributed by atoms with Gasteiger partial charge in [-0.25, -0.2) is 9.18 Å². The number of aliphatic hydroxyl groups is 1. The molecule has 0 unspecified atom stereocenters. The number of carbonyl (C=O) groups is 1. The fourth-order valence-electron chi connectivity index (χ4n) is 1.80. The predicted octanol–water partition coefficient (Wildman–Crippen LogP) is 2.60. The molecule has 0 fully saturated rings. The van der Waals surface area contributed by atoms with Crippen molar-refractivity contribution >= 4 is 5.97 Å². The minimum absolute atomic E-state index is 0.0150. The van der Waals surface area contributed by atoms with Crippen LogP contribution in [0.1, 0.15) is 21.5 Å². The summed E-state index contributed by atoms with van der Waals surface area (Å²) in [6.45, 7) is -0.190. The molecular formula is C15H13FO4. The summed E-state index contributed by atoms with van der Waals surface area (Å²) in [5, 5.41) is 18.2. The number of para-hydroxylation sites is 1. The van der Waals surface area contributed by atoms with Crippen molar-refractivity contribution in [3.05, 3.63) is 65.0 Å². The van der Waals surface area contributed by atoms with Crippen LogP contribution in [0.15, 0.2) is 42.5 Å². The Labute approximate surface area is 115 Å². The molecule has 0 saturated heterocycles. The summed E-state index contributed by atoms with van der Waals surface area (Å²) in [5.74, 6) is -1.35. The van der Waals surface area contributed by atoms with Gasteiger partial charge in [0.05, 0.1) is 12.2 Å². The molecule has 0 aliphatic rings. The van der Waals surface area contributed by atoms with Crippen molar-refractivity contribution in [2.75, 3.05) is 0 Å². The van der Waals surface area contributed by atoms with Crippen molar-refractivity contribution < 1.29 is 24.1 Å². The molecule has 2 aromatic carbocycles. The van der Waals surface area contributed by atoms with E-state index < -0.39 is 11.8 Å². The summed E-state index contributed by atoms with van der Waals surface area (Å²) in [4.78, 5) is 11.0. The van der Waals surface area contributed by atoms with Crippen LogP contribution in [0.5, 0.6) is 5.75 Å². The first kappa shape index (κ1) is 14.0. The molecule has 0 spiro atoms. The topological polar surface area (TPSA) is 66.8 Å². The fourth-order valence-corrected chi connectivity index (χ4v) is 1.80. The van der Waals surface area contributed by atoms with E-state index in [1.165, 1.54) is 12.1 Å². The summed E-state index contributed by atoms with van der Waals surface area (Å²) < 4.78 is 18.6. The normalized spacial score (nSPS) is 10.3. The van der Waals surface area contributed by atoms with E-state index in [0.717, 1.165) is 6.07 Å². The summed E-state index contributed by atoms with van der Waals surface area (Å²) >= 11 is 0. The first-order chi connectivity index (χ1) is 9.61. The van der Waals surface area contributed by atoms with Gasteiger partial charge >= 0.3 is 5.97 Å². The SMILES string of the molecule is O=C(O)c1cc(F)ccc1COc1ccccc1CO. The lowest BCUT2D eigenvalue weighted by molar-refractivity contribution is 0.0693. The molecule has 4 nitrogen and oxygen atoms in total. The third-order valence-corrected chi connectivity index (χ3v) is 2.83. The quantitative estimate of drug-likeness (QED) is 0.881. The van der Waals surface area contributed by atoms with Crippen molar-refractivity contribution in [1.29, 1.82) is 0 Å². The Morgan fingerprint density at radius 1 is 1.15 bits per heavy atom. The largest absolute Gasteiger partial charge is 0.489 e. The van der Waals surface area contributed by atoms with Crippen LogP contribution in [0.25, 0.3) is 0 Å². The lowest BCUT2D eigenvalue weighted by Gasteiger charge is -2.11. The van der Waals surface area contributed by atoms with Crippen LogP contribution in [0, 0.1) is 5.82 Å². The summed E-state index contributed by atoms with van der Waals surface area (Å²) in [7, 11) is 0. The monoisotopic (exact) mass is 276 g/mol. The Balaban J connectivity index is 2.21. The lowest BCUT2D eigenvalue weighted by atomic mass is 10.1. The number of hydrogen-bond acceptors (Lipinski definition) is 3. The van der Waals surface area contributed by atoms with Crippen LogP contribution in [-0.4, -0.2) is 16.2 Å². The second-order valence-electron chi connectivity index (χ2n) is 4.16. The van der Waals surface area contributed by atoms with E-state index in [2.05, 4.69) is 0 Å². The maximum absolute atomic E-state index is 13.1. The maximum atomic E-state index is 13.1. The lowest BCUT2D eigenvalue weighted by Crippen LogP contribution is -2.07. The van der Waals surface area contributed by atoms with E-state index >= 15 is 0 Å². The zero-order valence-corrected chi connectivity index (χ0v) is 10.5. The molecule has 0 amide bonds. The van der Waals surface area contributed by atoms with Crippen LogP contribution in [0.2, 0.25) is 0 Å². The molecule has 2 rings (SSSR count). The van der Waals surface area contributed by atoms with E-state index in [4.69, 9.17) is 9.84 Å². The van der Waals surface area contributed by atoms with Crippen LogP contribution < -0.4 is 4.74 Å². The average Bonchev–Trinajstić information content (AvgIpc) is 2.46. The predicted molar refractivity (Wildman–Crippen MR) is 70.1 cm³/mol. The summed E-state index contributed by atoms with van der Waals surface area (Å²) in [5.41, 5.74) is 0.838. The Hall–Kier alpha value is -2.40. The van der Waals surface area contributed by atoms with Crippen molar-refractivity contribution in [2.24, 2.45) is 0 Å². The van der Waals surface area contributed by atoms with E-state index in [0.29, 0.717) is 16.9 Å². The van der Waals surface area contributed by atoms with Crippen molar-refractivity contribution in [1.82, 2.24) is 0 Å². The van der Waals surface area contributed by atoms with Gasteiger partial charge in [0, 0.05) is 11.1 Å². The van der Waals surface area contributed by atoms with Crippen LogP contribution in [0.3, 0.4) is 0 Å². The highest BCUT2D eigenvalue weighted by atomic mass is 19.1. The highest BCUT2D eigenvalue weighted by Crippen LogP contribution is 2.20. The van der Waals surface area contributed by atoms with Crippen molar-refractivity contribution in [3.8, 4) is 5.75 Å². The second-order valence-corrected chi connectivity index (χ2v) is 4.16. The number of aromatic carboxylic acids is 1. The standard InChI is InChI=1S/C15H13FO4/c16-12-6-5-11(13(7-12)15(18)19)9-20-14-4-2-1-3-10(14)8-17/h1-7,17H,8-9H2,(H,18,19). The minimum atomic E-state index is -1.21. The van der Waals surface area contributed by atoms with Crippen molar-refractivity contribution in [3.63, 3.8) is 0 Å². The number of carboxylic acid groups (broad SMARTS) is 1. The Morgan fingerprint density at radius 2 is 1.90 bits per heavy atom. The molecule has 2 N–H and O–H groups in total. The molecule has 20 heavy (non-hydrogen) atoms. The van der Waals surface area contributed by atoms with Gasteiger partial charge in [-0.15, -0.1) is 0 Å². The molecule has 0 saturated carbocycles. The molecular weight excluding hydrogens is 263 g/mol. The molecule has 5 heteroatoms. The van der Waals surface area contributed by atoms with E-state index in [1.54, 1.807) is 24.3 Å². The zero-order valence-electron chi connectivity index (χ0n) is 10.5. The molecule has 0 radical (unpaired) electrons. The van der Waals surface area contributed by atoms with Crippen LogP contribution >= 0.6 is 0 Å². The summed E-state index contributed by atoms with van der Waals surface area (Å²) in [6, 6.07) is 10.4. The van der Waals surface area contributed by atoms with Gasteiger partial charge in [0.2, 0.25) is 0 Å². The smallest absolute Gasteiger partial charge is 0.336 e.